The molecule has 5 heteroatoms. The second-order valence-corrected chi connectivity index (χ2v) is 6.02. The number of nitrogens with zero attached hydrogens (tertiary/aromatic N) is 1. The molecule has 1 aliphatic rings. The number of aryl methyl sites for hydroxylation is 1. The molecule has 0 bridgehead atoms. The number of rotatable bonds is 8. The van der Waals surface area contributed by atoms with Gasteiger partial charge in [0.15, 0.2) is 6.10 Å². The third kappa shape index (κ3) is 5.84. The molecule has 0 aromatic heterocycles. The van der Waals surface area contributed by atoms with E-state index in [1.807, 2.05) is 38.1 Å². The lowest BCUT2D eigenvalue weighted by Crippen LogP contribution is -2.44. The van der Waals surface area contributed by atoms with Gasteiger partial charge in [-0.2, -0.15) is 0 Å². The maximum atomic E-state index is 12.3. The fraction of sp³-hybridized carbons (Fsp3) is 0.611. The first kappa shape index (κ1) is 17.8. The van der Waals surface area contributed by atoms with Crippen LogP contribution < -0.4 is 15.4 Å². The van der Waals surface area contributed by atoms with E-state index >= 15 is 0 Å². The molecule has 1 unspecified atom stereocenters. The average molecular weight is 319 g/mol. The van der Waals surface area contributed by atoms with E-state index < -0.39 is 6.10 Å². The van der Waals surface area contributed by atoms with Crippen LogP contribution in [0.5, 0.6) is 5.75 Å². The van der Waals surface area contributed by atoms with E-state index in [-0.39, 0.29) is 5.91 Å². The lowest BCUT2D eigenvalue weighted by molar-refractivity contribution is -0.128. The van der Waals surface area contributed by atoms with Crippen LogP contribution in [-0.4, -0.2) is 56.2 Å². The van der Waals surface area contributed by atoms with Crippen molar-refractivity contribution in [1.82, 2.24) is 15.5 Å². The van der Waals surface area contributed by atoms with Crippen molar-refractivity contribution < 1.29 is 9.53 Å². The maximum Gasteiger partial charge on any atom is 0.261 e. The van der Waals surface area contributed by atoms with Gasteiger partial charge in [-0.05, 0) is 37.9 Å². The van der Waals surface area contributed by atoms with E-state index in [0.717, 1.165) is 50.5 Å². The zero-order valence-electron chi connectivity index (χ0n) is 14.3. The van der Waals surface area contributed by atoms with Crippen LogP contribution in [0.3, 0.4) is 0 Å². The van der Waals surface area contributed by atoms with Gasteiger partial charge < -0.3 is 20.3 Å². The van der Waals surface area contributed by atoms with Crippen molar-refractivity contribution in [3.63, 3.8) is 0 Å². The first-order valence-corrected chi connectivity index (χ1v) is 8.63. The zero-order chi connectivity index (χ0) is 16.5. The Bertz CT molecular complexity index is 487. The van der Waals surface area contributed by atoms with Crippen molar-refractivity contribution in [2.75, 3.05) is 39.3 Å². The molecule has 1 heterocycles. The predicted octanol–water partition coefficient (Wildman–Crippen LogP) is 1.56. The van der Waals surface area contributed by atoms with E-state index in [1.165, 1.54) is 0 Å². The highest BCUT2D eigenvalue weighted by molar-refractivity contribution is 5.81. The summed E-state index contributed by atoms with van der Waals surface area (Å²) in [7, 11) is 0. The highest BCUT2D eigenvalue weighted by atomic mass is 16.5. The van der Waals surface area contributed by atoms with Gasteiger partial charge in [-0.1, -0.05) is 25.1 Å². The normalized spacial score (nSPS) is 16.8. The summed E-state index contributed by atoms with van der Waals surface area (Å²) in [4.78, 5) is 14.7. The van der Waals surface area contributed by atoms with Crippen LogP contribution in [0, 0.1) is 6.92 Å². The van der Waals surface area contributed by atoms with Gasteiger partial charge in [-0.3, -0.25) is 4.79 Å². The van der Waals surface area contributed by atoms with Gasteiger partial charge in [0, 0.05) is 32.7 Å². The van der Waals surface area contributed by atoms with E-state index in [9.17, 15) is 4.79 Å². The number of hydrogen-bond acceptors (Lipinski definition) is 4. The molecular weight excluding hydrogens is 290 g/mol. The SMILES string of the molecule is CCC(Oc1ccccc1C)C(=O)NCCCN1CCNCC1. The molecule has 1 aliphatic heterocycles. The predicted molar refractivity (Wildman–Crippen MR) is 92.8 cm³/mol. The Morgan fingerprint density at radius 1 is 1.35 bits per heavy atom. The minimum atomic E-state index is -0.421. The molecule has 2 rings (SSSR count). The fourth-order valence-corrected chi connectivity index (χ4v) is 2.73. The first-order valence-electron chi connectivity index (χ1n) is 8.63. The van der Waals surface area contributed by atoms with Crippen LogP contribution in [0.2, 0.25) is 0 Å². The number of benzene rings is 1. The van der Waals surface area contributed by atoms with Gasteiger partial charge in [-0.15, -0.1) is 0 Å². The molecule has 2 N–H and O–H groups in total. The maximum absolute atomic E-state index is 12.3. The molecule has 0 radical (unpaired) electrons. The number of para-hydroxylation sites is 1. The quantitative estimate of drug-likeness (QED) is 0.714. The number of nitrogens with one attached hydrogen (secondary N) is 2. The summed E-state index contributed by atoms with van der Waals surface area (Å²) in [5, 5.41) is 6.35. The Kier molecular flexibility index (Phi) is 7.36. The first-order chi connectivity index (χ1) is 11.2. The lowest BCUT2D eigenvalue weighted by Gasteiger charge is -2.27. The molecule has 1 saturated heterocycles. The molecule has 1 aromatic carbocycles. The Hall–Kier alpha value is -1.59. The van der Waals surface area contributed by atoms with Gasteiger partial charge >= 0.3 is 0 Å². The minimum Gasteiger partial charge on any atom is -0.480 e. The van der Waals surface area contributed by atoms with Crippen LogP contribution in [0.4, 0.5) is 0 Å². The lowest BCUT2D eigenvalue weighted by atomic mass is 10.2. The highest BCUT2D eigenvalue weighted by Crippen LogP contribution is 2.18. The standard InChI is InChI=1S/C18H29N3O2/c1-3-16(23-17-8-5-4-7-15(17)2)18(22)20-9-6-12-21-13-10-19-11-14-21/h4-5,7-8,16,19H,3,6,9-14H2,1-2H3,(H,20,22). The summed E-state index contributed by atoms with van der Waals surface area (Å²) in [5.74, 6) is 0.770. The summed E-state index contributed by atoms with van der Waals surface area (Å²) in [6.07, 6.45) is 1.22. The van der Waals surface area contributed by atoms with Crippen molar-refractivity contribution in [3.8, 4) is 5.75 Å². The number of ether oxygens (including phenoxy) is 1. The number of amides is 1. The van der Waals surface area contributed by atoms with E-state index in [2.05, 4.69) is 15.5 Å². The molecule has 128 valence electrons. The van der Waals surface area contributed by atoms with Crippen molar-refractivity contribution in [2.45, 2.75) is 32.8 Å². The highest BCUT2D eigenvalue weighted by Gasteiger charge is 2.18. The van der Waals surface area contributed by atoms with Gasteiger partial charge in [0.1, 0.15) is 5.75 Å². The van der Waals surface area contributed by atoms with E-state index in [4.69, 9.17) is 4.74 Å². The largest absolute Gasteiger partial charge is 0.480 e. The molecule has 0 spiro atoms. The zero-order valence-corrected chi connectivity index (χ0v) is 14.3. The summed E-state index contributed by atoms with van der Waals surface area (Å²) in [5.41, 5.74) is 1.05. The number of hydrogen-bond donors (Lipinski definition) is 2. The number of carbonyl (C=O) groups is 1. The summed E-state index contributed by atoms with van der Waals surface area (Å²) in [6, 6.07) is 7.81. The molecular formula is C18H29N3O2. The second kappa shape index (κ2) is 9.53. The fourth-order valence-electron chi connectivity index (χ4n) is 2.73. The van der Waals surface area contributed by atoms with Crippen molar-refractivity contribution >= 4 is 5.91 Å². The Morgan fingerprint density at radius 3 is 2.78 bits per heavy atom. The van der Waals surface area contributed by atoms with Crippen LogP contribution in [0.1, 0.15) is 25.3 Å². The van der Waals surface area contributed by atoms with Crippen LogP contribution >= 0.6 is 0 Å². The van der Waals surface area contributed by atoms with Gasteiger partial charge in [0.05, 0.1) is 0 Å². The molecule has 5 nitrogen and oxygen atoms in total. The van der Waals surface area contributed by atoms with Crippen LogP contribution in [-0.2, 0) is 4.79 Å². The molecule has 1 aromatic rings. The van der Waals surface area contributed by atoms with E-state index in [1.54, 1.807) is 0 Å². The number of carbonyl (C=O) groups excluding carboxylic acids is 1. The molecule has 0 saturated carbocycles. The van der Waals surface area contributed by atoms with Crippen LogP contribution in [0.25, 0.3) is 0 Å². The number of piperazine rings is 1. The van der Waals surface area contributed by atoms with Crippen molar-refractivity contribution in [2.24, 2.45) is 0 Å². The Morgan fingerprint density at radius 2 is 2.09 bits per heavy atom. The summed E-state index contributed by atoms with van der Waals surface area (Å²) >= 11 is 0. The van der Waals surface area contributed by atoms with Crippen LogP contribution in [0.15, 0.2) is 24.3 Å². The topological polar surface area (TPSA) is 53.6 Å². The van der Waals surface area contributed by atoms with E-state index in [0.29, 0.717) is 13.0 Å². The van der Waals surface area contributed by atoms with Gasteiger partial charge in [-0.25, -0.2) is 0 Å². The summed E-state index contributed by atoms with van der Waals surface area (Å²) < 4.78 is 5.87. The van der Waals surface area contributed by atoms with Crippen molar-refractivity contribution in [1.29, 1.82) is 0 Å². The second-order valence-electron chi connectivity index (χ2n) is 6.02. The molecule has 1 amide bonds. The third-order valence-electron chi connectivity index (χ3n) is 4.19. The van der Waals surface area contributed by atoms with Gasteiger partial charge in [0.25, 0.3) is 5.91 Å². The third-order valence-corrected chi connectivity index (χ3v) is 4.19. The van der Waals surface area contributed by atoms with Gasteiger partial charge in [0.2, 0.25) is 0 Å². The molecule has 1 atom stereocenters. The smallest absolute Gasteiger partial charge is 0.261 e. The average Bonchev–Trinajstić information content (AvgIpc) is 2.59. The van der Waals surface area contributed by atoms with Crippen molar-refractivity contribution in [3.05, 3.63) is 29.8 Å². The Labute approximate surface area is 139 Å². The minimum absolute atomic E-state index is 0.0175. The monoisotopic (exact) mass is 319 g/mol. The summed E-state index contributed by atoms with van der Waals surface area (Å²) in [6.45, 7) is 10.0. The Balaban J connectivity index is 1.71. The molecule has 0 aliphatic carbocycles. The molecule has 1 fully saturated rings. The molecule has 23 heavy (non-hydrogen) atoms.